The van der Waals surface area contributed by atoms with E-state index in [1.807, 2.05) is 6.92 Å². The lowest BCUT2D eigenvalue weighted by atomic mass is 9.99. The Morgan fingerprint density at radius 1 is 1.58 bits per heavy atom. The number of carboxylic acid groups (broad SMARTS) is 1. The summed E-state index contributed by atoms with van der Waals surface area (Å²) in [7, 11) is 0. The van der Waals surface area contributed by atoms with Crippen LogP contribution in [-0.4, -0.2) is 34.6 Å². The van der Waals surface area contributed by atoms with Crippen molar-refractivity contribution in [3.63, 3.8) is 0 Å². The molecule has 0 aliphatic carbocycles. The van der Waals surface area contributed by atoms with E-state index in [1.54, 1.807) is 12.3 Å². The number of carbonyl (C=O) groups excluding carboxylic acids is 1. The summed E-state index contributed by atoms with van der Waals surface area (Å²) < 4.78 is 0. The largest absolute Gasteiger partial charge is 0.480 e. The zero-order chi connectivity index (χ0) is 14.4. The average Bonchev–Trinajstić information content (AvgIpc) is 2.83. The summed E-state index contributed by atoms with van der Waals surface area (Å²) in [6.45, 7) is 4.15. The Balaban J connectivity index is 2.73. The molecular formula is C12H19N3O3S. The van der Waals surface area contributed by atoms with Crippen molar-refractivity contribution in [1.82, 2.24) is 10.3 Å². The van der Waals surface area contributed by atoms with Crippen LogP contribution in [0, 0.1) is 5.92 Å². The van der Waals surface area contributed by atoms with E-state index in [4.69, 9.17) is 10.8 Å². The van der Waals surface area contributed by atoms with Gasteiger partial charge in [0.15, 0.2) is 0 Å². The molecule has 0 saturated carbocycles. The van der Waals surface area contributed by atoms with E-state index >= 15 is 0 Å². The van der Waals surface area contributed by atoms with E-state index in [9.17, 15) is 9.59 Å². The zero-order valence-electron chi connectivity index (χ0n) is 11.0. The molecule has 4 N–H and O–H groups in total. The Morgan fingerprint density at radius 3 is 2.79 bits per heavy atom. The number of aliphatic carboxylic acids is 1. The predicted octanol–water partition coefficient (Wildman–Crippen LogP) is 0.873. The molecule has 0 saturated heterocycles. The second-order valence-corrected chi connectivity index (χ2v) is 5.28. The fourth-order valence-corrected chi connectivity index (χ4v) is 2.35. The van der Waals surface area contributed by atoms with Crippen LogP contribution in [0.25, 0.3) is 0 Å². The van der Waals surface area contributed by atoms with E-state index in [0.717, 1.165) is 5.01 Å². The third kappa shape index (κ3) is 4.29. The molecule has 0 aliphatic heterocycles. The highest BCUT2D eigenvalue weighted by molar-refractivity contribution is 7.09. The molecule has 0 spiro atoms. The Labute approximate surface area is 116 Å². The number of nitrogens with one attached hydrogen (secondary N) is 1. The van der Waals surface area contributed by atoms with E-state index < -0.39 is 17.9 Å². The number of carboxylic acids is 1. The molecule has 1 rings (SSSR count). The van der Waals surface area contributed by atoms with Crippen molar-refractivity contribution in [3.05, 3.63) is 16.1 Å². The van der Waals surface area contributed by atoms with Crippen molar-refractivity contribution in [2.24, 2.45) is 11.7 Å². The molecule has 1 heterocycles. The summed E-state index contributed by atoms with van der Waals surface area (Å²) >= 11 is 1.35. The Kier molecular flexibility index (Phi) is 5.91. The van der Waals surface area contributed by atoms with Gasteiger partial charge in [0.2, 0.25) is 0 Å². The molecule has 0 fully saturated rings. The standard InChI is InChI=1S/C12H19N3O3S/c1-3-7(2)10(12(17)18)15-11(16)8-6-19-9(14-8)4-5-13/h6-7,10H,3-5,13H2,1-2H3,(H,15,16)(H,17,18). The molecule has 1 aromatic heterocycles. The molecule has 2 unspecified atom stereocenters. The minimum atomic E-state index is -1.03. The smallest absolute Gasteiger partial charge is 0.326 e. The van der Waals surface area contributed by atoms with Gasteiger partial charge in [-0.25, -0.2) is 9.78 Å². The lowest BCUT2D eigenvalue weighted by Crippen LogP contribution is -2.45. The lowest BCUT2D eigenvalue weighted by Gasteiger charge is -2.19. The van der Waals surface area contributed by atoms with Gasteiger partial charge in [0.25, 0.3) is 5.91 Å². The van der Waals surface area contributed by atoms with Crippen LogP contribution in [0.3, 0.4) is 0 Å². The topological polar surface area (TPSA) is 105 Å². The normalized spacial score (nSPS) is 13.8. The van der Waals surface area contributed by atoms with Crippen LogP contribution in [0.1, 0.15) is 35.8 Å². The van der Waals surface area contributed by atoms with Gasteiger partial charge in [0.05, 0.1) is 5.01 Å². The second-order valence-electron chi connectivity index (χ2n) is 4.34. The number of nitrogens with two attached hydrogens (primary N) is 1. The highest BCUT2D eigenvalue weighted by Gasteiger charge is 2.26. The average molecular weight is 285 g/mol. The Bertz CT molecular complexity index is 447. The summed E-state index contributed by atoms with van der Waals surface area (Å²) in [5, 5.41) is 14.0. The molecule has 2 atom stereocenters. The molecular weight excluding hydrogens is 266 g/mol. The molecule has 0 radical (unpaired) electrons. The number of amides is 1. The fourth-order valence-electron chi connectivity index (χ4n) is 1.55. The van der Waals surface area contributed by atoms with Crippen LogP contribution in [0.4, 0.5) is 0 Å². The van der Waals surface area contributed by atoms with E-state index in [0.29, 0.717) is 19.4 Å². The first-order valence-corrected chi connectivity index (χ1v) is 7.05. The van der Waals surface area contributed by atoms with Crippen molar-refractivity contribution in [2.75, 3.05) is 6.54 Å². The summed E-state index contributed by atoms with van der Waals surface area (Å²) in [4.78, 5) is 27.2. The van der Waals surface area contributed by atoms with Gasteiger partial charge >= 0.3 is 5.97 Å². The summed E-state index contributed by atoms with van der Waals surface area (Å²) in [5.41, 5.74) is 5.67. The van der Waals surface area contributed by atoms with Gasteiger partial charge in [-0.1, -0.05) is 20.3 Å². The third-order valence-corrected chi connectivity index (χ3v) is 3.82. The van der Waals surface area contributed by atoms with Crippen molar-refractivity contribution >= 4 is 23.2 Å². The van der Waals surface area contributed by atoms with Gasteiger partial charge in [0.1, 0.15) is 11.7 Å². The first-order valence-electron chi connectivity index (χ1n) is 6.17. The fraction of sp³-hybridized carbons (Fsp3) is 0.583. The molecule has 19 heavy (non-hydrogen) atoms. The minimum absolute atomic E-state index is 0.136. The number of rotatable bonds is 7. The Hall–Kier alpha value is -1.47. The van der Waals surface area contributed by atoms with Crippen molar-refractivity contribution < 1.29 is 14.7 Å². The summed E-state index contributed by atoms with van der Waals surface area (Å²) in [6, 6.07) is -0.892. The van der Waals surface area contributed by atoms with Crippen LogP contribution in [-0.2, 0) is 11.2 Å². The molecule has 0 aromatic carbocycles. The summed E-state index contributed by atoms with van der Waals surface area (Å²) in [5.74, 6) is -1.61. The SMILES string of the molecule is CCC(C)C(NC(=O)c1csc(CCN)n1)C(=O)O. The van der Waals surface area contributed by atoms with Crippen LogP contribution >= 0.6 is 11.3 Å². The maximum Gasteiger partial charge on any atom is 0.326 e. The highest BCUT2D eigenvalue weighted by Crippen LogP contribution is 2.12. The number of aromatic nitrogens is 1. The molecule has 106 valence electrons. The quantitative estimate of drug-likeness (QED) is 0.689. The highest BCUT2D eigenvalue weighted by atomic mass is 32.1. The monoisotopic (exact) mass is 285 g/mol. The molecule has 0 aliphatic rings. The first-order chi connectivity index (χ1) is 8.99. The molecule has 6 nitrogen and oxygen atoms in total. The number of carbonyl (C=O) groups is 2. The van der Waals surface area contributed by atoms with Crippen molar-refractivity contribution in [1.29, 1.82) is 0 Å². The van der Waals surface area contributed by atoms with Crippen LogP contribution < -0.4 is 11.1 Å². The second kappa shape index (κ2) is 7.20. The lowest BCUT2D eigenvalue weighted by molar-refractivity contribution is -0.140. The van der Waals surface area contributed by atoms with Crippen molar-refractivity contribution in [2.45, 2.75) is 32.7 Å². The van der Waals surface area contributed by atoms with Crippen molar-refractivity contribution in [3.8, 4) is 0 Å². The van der Waals surface area contributed by atoms with Crippen LogP contribution in [0.5, 0.6) is 0 Å². The van der Waals surface area contributed by atoms with E-state index in [-0.39, 0.29) is 11.6 Å². The number of nitrogens with zero attached hydrogens (tertiary/aromatic N) is 1. The Morgan fingerprint density at radius 2 is 2.26 bits per heavy atom. The van der Waals surface area contributed by atoms with Crippen LogP contribution in [0.15, 0.2) is 5.38 Å². The van der Waals surface area contributed by atoms with E-state index in [1.165, 1.54) is 11.3 Å². The third-order valence-electron chi connectivity index (χ3n) is 2.91. The molecule has 1 amide bonds. The maximum atomic E-state index is 11.9. The van der Waals surface area contributed by atoms with E-state index in [2.05, 4.69) is 10.3 Å². The van der Waals surface area contributed by atoms with Gasteiger partial charge in [0, 0.05) is 11.8 Å². The van der Waals surface area contributed by atoms with Gasteiger partial charge in [-0.2, -0.15) is 0 Å². The molecule has 7 heteroatoms. The molecule has 0 bridgehead atoms. The maximum absolute atomic E-state index is 11.9. The number of hydrogen-bond acceptors (Lipinski definition) is 5. The van der Waals surface area contributed by atoms with Gasteiger partial charge in [-0.15, -0.1) is 11.3 Å². The molecule has 1 aromatic rings. The minimum Gasteiger partial charge on any atom is -0.480 e. The summed E-state index contributed by atoms with van der Waals surface area (Å²) in [6.07, 6.45) is 1.29. The zero-order valence-corrected chi connectivity index (χ0v) is 11.9. The number of thiazole rings is 1. The van der Waals surface area contributed by atoms with Gasteiger partial charge in [-0.3, -0.25) is 4.79 Å². The van der Waals surface area contributed by atoms with Crippen LogP contribution in [0.2, 0.25) is 0 Å². The number of hydrogen-bond donors (Lipinski definition) is 3. The predicted molar refractivity (Wildman–Crippen MR) is 73.2 cm³/mol. The van der Waals surface area contributed by atoms with Gasteiger partial charge in [-0.05, 0) is 12.5 Å². The first kappa shape index (κ1) is 15.6. The van der Waals surface area contributed by atoms with Gasteiger partial charge < -0.3 is 16.2 Å².